The molecule has 7 heteroatoms. The first-order valence-electron chi connectivity index (χ1n) is 5.63. The van der Waals surface area contributed by atoms with Gasteiger partial charge >= 0.3 is 0 Å². The largest absolute Gasteiger partial charge is 0.384 e. The summed E-state index contributed by atoms with van der Waals surface area (Å²) in [5, 5.41) is 11.5. The second-order valence-electron chi connectivity index (χ2n) is 4.04. The number of methoxy groups -OCH3 is 1. The molecule has 1 aromatic heterocycles. The van der Waals surface area contributed by atoms with Crippen LogP contribution in [0.15, 0.2) is 24.5 Å². The van der Waals surface area contributed by atoms with E-state index in [1.807, 2.05) is 0 Å². The third kappa shape index (κ3) is 3.24. The second kappa shape index (κ2) is 6.03. The van der Waals surface area contributed by atoms with Gasteiger partial charge in [-0.25, -0.2) is 9.97 Å². The molecule has 100 valence electrons. The number of rotatable bonds is 5. The molecule has 0 aliphatic carbocycles. The van der Waals surface area contributed by atoms with Crippen molar-refractivity contribution in [3.8, 4) is 0 Å². The Morgan fingerprint density at radius 2 is 2.26 bits per heavy atom. The Balaban J connectivity index is 2.42. The first kappa shape index (κ1) is 13.8. The molecule has 2 aromatic rings. The Hall–Kier alpha value is -1.60. The Morgan fingerprint density at radius 1 is 1.47 bits per heavy atom. The maximum absolute atomic E-state index is 10.8. The molecule has 1 atom stereocenters. The summed E-state index contributed by atoms with van der Waals surface area (Å²) in [6.07, 6.45) is 2.09. The van der Waals surface area contributed by atoms with Gasteiger partial charge in [-0.05, 0) is 6.07 Å². The molecule has 0 bridgehead atoms. The van der Waals surface area contributed by atoms with Crippen molar-refractivity contribution in [3.63, 3.8) is 0 Å². The van der Waals surface area contributed by atoms with Crippen LogP contribution in [0.3, 0.4) is 0 Å². The number of fused-ring (bicyclic) bond motifs is 1. The van der Waals surface area contributed by atoms with Crippen molar-refractivity contribution in [3.05, 3.63) is 40.3 Å². The molecular formula is C12H12BrN3O3. The maximum Gasteiger partial charge on any atom is 0.270 e. The lowest BCUT2D eigenvalue weighted by Crippen LogP contribution is -2.11. The van der Waals surface area contributed by atoms with E-state index < -0.39 is 4.92 Å². The zero-order valence-corrected chi connectivity index (χ0v) is 11.8. The quantitative estimate of drug-likeness (QED) is 0.479. The number of aromatic nitrogens is 2. The first-order valence-corrected chi connectivity index (χ1v) is 6.54. The van der Waals surface area contributed by atoms with Gasteiger partial charge in [0.05, 0.1) is 22.7 Å². The van der Waals surface area contributed by atoms with Gasteiger partial charge in [0, 0.05) is 35.9 Å². The molecule has 0 saturated carbocycles. The van der Waals surface area contributed by atoms with E-state index >= 15 is 0 Å². The Bertz CT molecular complexity index is 606. The minimum Gasteiger partial charge on any atom is -0.384 e. The molecule has 0 amide bonds. The number of nitro benzene ring substituents is 1. The Kier molecular flexibility index (Phi) is 4.39. The van der Waals surface area contributed by atoms with Crippen LogP contribution in [-0.4, -0.2) is 33.4 Å². The highest BCUT2D eigenvalue weighted by molar-refractivity contribution is 9.09. The van der Waals surface area contributed by atoms with E-state index in [4.69, 9.17) is 4.74 Å². The van der Waals surface area contributed by atoms with Crippen LogP contribution in [0.2, 0.25) is 0 Å². The van der Waals surface area contributed by atoms with Crippen molar-refractivity contribution in [1.29, 1.82) is 0 Å². The van der Waals surface area contributed by atoms with Gasteiger partial charge in [-0.15, -0.1) is 0 Å². The predicted octanol–water partition coefficient (Wildman–Crippen LogP) is 2.49. The van der Waals surface area contributed by atoms with E-state index in [2.05, 4.69) is 25.9 Å². The summed E-state index contributed by atoms with van der Waals surface area (Å²) >= 11 is 3.49. The number of nitrogens with zero attached hydrogens (tertiary/aromatic N) is 3. The van der Waals surface area contributed by atoms with Gasteiger partial charge in [0.25, 0.3) is 5.69 Å². The summed E-state index contributed by atoms with van der Waals surface area (Å²) in [6, 6.07) is 4.59. The molecule has 1 heterocycles. The monoisotopic (exact) mass is 325 g/mol. The number of halogens is 1. The lowest BCUT2D eigenvalue weighted by molar-refractivity contribution is -0.384. The van der Waals surface area contributed by atoms with Crippen LogP contribution < -0.4 is 0 Å². The predicted molar refractivity (Wildman–Crippen MR) is 74.5 cm³/mol. The standard InChI is InChI=1S/C12H12BrN3O3/c1-19-6-8(13)4-12-10-5-9(16(17)18)2-3-11(10)14-7-15-12/h2-3,5,7-8H,4,6H2,1H3. The smallest absolute Gasteiger partial charge is 0.270 e. The van der Waals surface area contributed by atoms with Gasteiger partial charge in [0.15, 0.2) is 0 Å². The van der Waals surface area contributed by atoms with E-state index in [0.29, 0.717) is 23.9 Å². The maximum atomic E-state index is 10.8. The number of alkyl halides is 1. The normalized spacial score (nSPS) is 12.5. The third-order valence-electron chi connectivity index (χ3n) is 2.67. The van der Waals surface area contributed by atoms with Gasteiger partial charge in [0.2, 0.25) is 0 Å². The van der Waals surface area contributed by atoms with Crippen LogP contribution >= 0.6 is 15.9 Å². The van der Waals surface area contributed by atoms with Gasteiger partial charge in [0.1, 0.15) is 6.33 Å². The van der Waals surface area contributed by atoms with E-state index in [9.17, 15) is 10.1 Å². The van der Waals surface area contributed by atoms with Gasteiger partial charge in [-0.3, -0.25) is 10.1 Å². The third-order valence-corrected chi connectivity index (χ3v) is 3.26. The summed E-state index contributed by atoms with van der Waals surface area (Å²) in [4.78, 5) is 18.8. The van der Waals surface area contributed by atoms with E-state index in [1.165, 1.54) is 18.5 Å². The second-order valence-corrected chi connectivity index (χ2v) is 5.33. The molecule has 1 unspecified atom stereocenters. The number of non-ortho nitro benzene ring substituents is 1. The first-order chi connectivity index (χ1) is 9.11. The fourth-order valence-electron chi connectivity index (χ4n) is 1.82. The van der Waals surface area contributed by atoms with Crippen LogP contribution in [0.1, 0.15) is 5.69 Å². The van der Waals surface area contributed by atoms with Crippen molar-refractivity contribution < 1.29 is 9.66 Å². The minimum absolute atomic E-state index is 0.0430. The van der Waals surface area contributed by atoms with Gasteiger partial charge in [-0.2, -0.15) is 0 Å². The molecule has 0 fully saturated rings. The summed E-state index contributed by atoms with van der Waals surface area (Å²) in [5.41, 5.74) is 1.52. The molecule has 1 aromatic carbocycles. The molecule has 0 radical (unpaired) electrons. The lowest BCUT2D eigenvalue weighted by Gasteiger charge is -2.09. The number of ether oxygens (including phenoxy) is 1. The van der Waals surface area contributed by atoms with Crippen LogP contribution in [-0.2, 0) is 11.2 Å². The molecular weight excluding hydrogens is 314 g/mol. The summed E-state index contributed by atoms with van der Waals surface area (Å²) < 4.78 is 5.05. The van der Waals surface area contributed by atoms with Crippen LogP contribution in [0.25, 0.3) is 10.9 Å². The number of hydrogen-bond acceptors (Lipinski definition) is 5. The molecule has 0 aliphatic heterocycles. The Morgan fingerprint density at radius 3 is 2.95 bits per heavy atom. The van der Waals surface area contributed by atoms with Crippen LogP contribution in [0.5, 0.6) is 0 Å². The molecule has 0 aliphatic rings. The molecule has 0 spiro atoms. The van der Waals surface area contributed by atoms with E-state index in [0.717, 1.165) is 5.69 Å². The fraction of sp³-hybridized carbons (Fsp3) is 0.333. The van der Waals surface area contributed by atoms with Crippen molar-refractivity contribution >= 4 is 32.5 Å². The minimum atomic E-state index is -0.420. The zero-order chi connectivity index (χ0) is 13.8. The van der Waals surface area contributed by atoms with Crippen LogP contribution in [0.4, 0.5) is 5.69 Å². The van der Waals surface area contributed by atoms with Crippen molar-refractivity contribution in [2.24, 2.45) is 0 Å². The highest BCUT2D eigenvalue weighted by Crippen LogP contribution is 2.23. The van der Waals surface area contributed by atoms with Crippen molar-refractivity contribution in [1.82, 2.24) is 9.97 Å². The van der Waals surface area contributed by atoms with Gasteiger partial charge in [-0.1, -0.05) is 15.9 Å². The topological polar surface area (TPSA) is 78.2 Å². The average Bonchev–Trinajstić information content (AvgIpc) is 2.38. The molecule has 6 nitrogen and oxygen atoms in total. The number of benzene rings is 1. The SMILES string of the molecule is COCC(Br)Cc1ncnc2ccc([N+](=O)[O-])cc12. The summed E-state index contributed by atoms with van der Waals surface area (Å²) in [5.74, 6) is 0. The van der Waals surface area contributed by atoms with Crippen molar-refractivity contribution in [2.45, 2.75) is 11.2 Å². The fourth-order valence-corrected chi connectivity index (χ4v) is 2.39. The van der Waals surface area contributed by atoms with Gasteiger partial charge < -0.3 is 4.74 Å². The summed E-state index contributed by atoms with van der Waals surface area (Å²) in [6.45, 7) is 0.542. The Labute approximate surface area is 118 Å². The highest BCUT2D eigenvalue weighted by atomic mass is 79.9. The molecule has 0 saturated heterocycles. The molecule has 2 rings (SSSR count). The zero-order valence-electron chi connectivity index (χ0n) is 10.2. The van der Waals surface area contributed by atoms with E-state index in [1.54, 1.807) is 13.2 Å². The van der Waals surface area contributed by atoms with Crippen molar-refractivity contribution in [2.75, 3.05) is 13.7 Å². The molecule has 19 heavy (non-hydrogen) atoms. The van der Waals surface area contributed by atoms with E-state index in [-0.39, 0.29) is 10.5 Å². The van der Waals surface area contributed by atoms with Crippen LogP contribution in [0, 0.1) is 10.1 Å². The number of hydrogen-bond donors (Lipinski definition) is 0. The summed E-state index contributed by atoms with van der Waals surface area (Å²) in [7, 11) is 1.62. The lowest BCUT2D eigenvalue weighted by atomic mass is 10.1. The average molecular weight is 326 g/mol. The molecule has 0 N–H and O–H groups in total. The highest BCUT2D eigenvalue weighted by Gasteiger charge is 2.13. The number of nitro groups is 1.